The Morgan fingerprint density at radius 3 is 1.82 bits per heavy atom. The molecule has 0 aromatic rings. The van der Waals surface area contributed by atoms with Crippen LogP contribution < -0.4 is 5.73 Å². The van der Waals surface area contributed by atoms with Gasteiger partial charge in [0.15, 0.2) is 0 Å². The molecule has 1 aliphatic rings. The number of hydrogen-bond donors (Lipinski definition) is 1. The van der Waals surface area contributed by atoms with E-state index in [4.69, 9.17) is 10.5 Å². The molecule has 0 atom stereocenters. The van der Waals surface area contributed by atoms with Crippen LogP contribution in [0.1, 0.15) is 59.8 Å². The second-order valence-electron chi connectivity index (χ2n) is 5.75. The maximum absolute atomic E-state index is 10.0. The van der Waals surface area contributed by atoms with Gasteiger partial charge in [-0.25, -0.2) is 4.79 Å². The van der Waals surface area contributed by atoms with E-state index in [1.54, 1.807) is 20.8 Å². The van der Waals surface area contributed by atoms with E-state index in [1.165, 1.54) is 32.1 Å². The number of amides is 1. The summed E-state index contributed by atoms with van der Waals surface area (Å²) in [6.07, 6.45) is 5.89. The molecule has 17 heavy (non-hydrogen) atoms. The number of primary amides is 1. The minimum atomic E-state index is -0.725. The number of rotatable bonds is 1. The summed E-state index contributed by atoms with van der Waals surface area (Å²) in [5.41, 5.74) is 4.49. The van der Waals surface area contributed by atoms with E-state index in [0.29, 0.717) is 0 Å². The van der Waals surface area contributed by atoms with Gasteiger partial charge < -0.3 is 15.2 Å². The van der Waals surface area contributed by atoms with Crippen molar-refractivity contribution in [3.63, 3.8) is 0 Å². The van der Waals surface area contributed by atoms with Crippen molar-refractivity contribution in [1.29, 1.82) is 0 Å². The molecule has 1 amide bonds. The summed E-state index contributed by atoms with van der Waals surface area (Å²) in [6, 6.07) is 0. The normalized spacial score (nSPS) is 18.9. The molecule has 1 fully saturated rings. The molecule has 0 radical (unpaired) electrons. The second kappa shape index (κ2) is 6.84. The molecule has 1 rings (SSSR count). The lowest BCUT2D eigenvalue weighted by Gasteiger charge is -2.31. The van der Waals surface area contributed by atoms with Crippen molar-refractivity contribution in [3.8, 4) is 0 Å². The molecule has 2 N–H and O–H groups in total. The first-order valence-corrected chi connectivity index (χ1v) is 6.22. The Balaban J connectivity index is 0.000000304. The Morgan fingerprint density at radius 2 is 1.65 bits per heavy atom. The summed E-state index contributed by atoms with van der Waals surface area (Å²) in [7, 11) is 1.82. The molecular weight excluding hydrogens is 218 g/mol. The molecule has 0 unspecified atom stereocenters. The molecular formula is C13H27NO3. The van der Waals surface area contributed by atoms with Gasteiger partial charge in [-0.1, -0.05) is 19.3 Å². The van der Waals surface area contributed by atoms with Crippen molar-refractivity contribution in [2.24, 2.45) is 5.73 Å². The molecule has 0 saturated heterocycles. The quantitative estimate of drug-likeness (QED) is 0.771. The molecule has 0 aliphatic heterocycles. The van der Waals surface area contributed by atoms with Crippen molar-refractivity contribution < 1.29 is 14.3 Å². The highest BCUT2D eigenvalue weighted by Gasteiger charge is 2.25. The lowest BCUT2D eigenvalue weighted by molar-refractivity contribution is -0.0231. The summed E-state index contributed by atoms with van der Waals surface area (Å²) in [5, 5.41) is 0. The molecule has 102 valence electrons. The van der Waals surface area contributed by atoms with E-state index in [0.717, 1.165) is 0 Å². The van der Waals surface area contributed by atoms with Crippen LogP contribution in [0.3, 0.4) is 0 Å². The molecule has 0 bridgehead atoms. The van der Waals surface area contributed by atoms with E-state index < -0.39 is 11.7 Å². The maximum Gasteiger partial charge on any atom is 0.405 e. The molecule has 0 aromatic carbocycles. The van der Waals surface area contributed by atoms with Gasteiger partial charge in [-0.15, -0.1) is 0 Å². The number of ether oxygens (including phenoxy) is 2. The fourth-order valence-corrected chi connectivity index (χ4v) is 1.81. The molecule has 1 saturated carbocycles. The van der Waals surface area contributed by atoms with Gasteiger partial charge in [0.2, 0.25) is 0 Å². The Labute approximate surface area is 105 Å². The van der Waals surface area contributed by atoms with Crippen LogP contribution in [0.4, 0.5) is 4.79 Å². The van der Waals surface area contributed by atoms with Crippen LogP contribution in [0.15, 0.2) is 0 Å². The van der Waals surface area contributed by atoms with Crippen LogP contribution in [-0.4, -0.2) is 24.4 Å². The van der Waals surface area contributed by atoms with E-state index in [2.05, 4.69) is 11.7 Å². The third-order valence-electron chi connectivity index (χ3n) is 2.81. The van der Waals surface area contributed by atoms with E-state index in [1.807, 2.05) is 7.11 Å². The standard InChI is InChI=1S/C8H16O.C5H11NO2/c1-8(9-2)6-4-3-5-7-8;1-5(2,3)8-4(6)7/h3-7H2,1-2H3;1-3H3,(H2,6,7). The molecule has 4 heteroatoms. The SMILES string of the molecule is CC(C)(C)OC(N)=O.COC1(C)CCCCC1. The Morgan fingerprint density at radius 1 is 1.18 bits per heavy atom. The van der Waals surface area contributed by atoms with Crippen molar-refractivity contribution in [2.45, 2.75) is 71.0 Å². The monoisotopic (exact) mass is 245 g/mol. The van der Waals surface area contributed by atoms with Crippen LogP contribution in [0.25, 0.3) is 0 Å². The summed E-state index contributed by atoms with van der Waals surface area (Å²) in [6.45, 7) is 7.50. The minimum absolute atomic E-state index is 0.220. The molecule has 0 heterocycles. The number of hydrogen-bond acceptors (Lipinski definition) is 3. The third-order valence-corrected chi connectivity index (χ3v) is 2.81. The highest BCUT2D eigenvalue weighted by Crippen LogP contribution is 2.29. The Kier molecular flexibility index (Phi) is 6.53. The lowest BCUT2D eigenvalue weighted by atomic mass is 9.86. The van der Waals surface area contributed by atoms with Gasteiger partial charge in [-0.3, -0.25) is 0 Å². The molecule has 1 aliphatic carbocycles. The fraction of sp³-hybridized carbons (Fsp3) is 0.923. The Hall–Kier alpha value is -0.770. The third kappa shape index (κ3) is 8.98. The van der Waals surface area contributed by atoms with Crippen LogP contribution in [-0.2, 0) is 9.47 Å². The van der Waals surface area contributed by atoms with Gasteiger partial charge in [0.1, 0.15) is 5.60 Å². The minimum Gasteiger partial charge on any atom is -0.444 e. The van der Waals surface area contributed by atoms with Gasteiger partial charge in [0.25, 0.3) is 0 Å². The number of nitrogens with two attached hydrogens (primary N) is 1. The van der Waals surface area contributed by atoms with Crippen LogP contribution in [0.5, 0.6) is 0 Å². The first-order chi connectivity index (χ1) is 7.68. The van der Waals surface area contributed by atoms with Crippen molar-refractivity contribution in [2.75, 3.05) is 7.11 Å². The van der Waals surface area contributed by atoms with Crippen LogP contribution >= 0.6 is 0 Å². The molecule has 0 spiro atoms. The predicted octanol–water partition coefficient (Wildman–Crippen LogP) is 3.24. The first-order valence-electron chi connectivity index (χ1n) is 6.22. The fourth-order valence-electron chi connectivity index (χ4n) is 1.81. The zero-order valence-corrected chi connectivity index (χ0v) is 11.8. The highest BCUT2D eigenvalue weighted by atomic mass is 16.6. The first kappa shape index (κ1) is 16.2. The summed E-state index contributed by atoms with van der Waals surface area (Å²) in [4.78, 5) is 10.0. The van der Waals surface area contributed by atoms with Crippen molar-refractivity contribution >= 4 is 6.09 Å². The van der Waals surface area contributed by atoms with Crippen molar-refractivity contribution in [1.82, 2.24) is 0 Å². The molecule has 0 aromatic heterocycles. The lowest BCUT2D eigenvalue weighted by Crippen LogP contribution is -2.29. The highest BCUT2D eigenvalue weighted by molar-refractivity contribution is 5.65. The van der Waals surface area contributed by atoms with Crippen LogP contribution in [0.2, 0.25) is 0 Å². The van der Waals surface area contributed by atoms with E-state index >= 15 is 0 Å². The Bertz CT molecular complexity index is 227. The maximum atomic E-state index is 10.0. The van der Waals surface area contributed by atoms with Crippen molar-refractivity contribution in [3.05, 3.63) is 0 Å². The average Bonchev–Trinajstić information content (AvgIpc) is 2.16. The van der Waals surface area contributed by atoms with E-state index in [-0.39, 0.29) is 5.60 Å². The van der Waals surface area contributed by atoms with Gasteiger partial charge in [-0.2, -0.15) is 0 Å². The summed E-state index contributed by atoms with van der Waals surface area (Å²) >= 11 is 0. The van der Waals surface area contributed by atoms with Gasteiger partial charge in [0.05, 0.1) is 5.60 Å². The second-order valence-corrected chi connectivity index (χ2v) is 5.75. The smallest absolute Gasteiger partial charge is 0.405 e. The average molecular weight is 245 g/mol. The largest absolute Gasteiger partial charge is 0.444 e. The van der Waals surface area contributed by atoms with Crippen LogP contribution in [0, 0.1) is 0 Å². The molecule has 4 nitrogen and oxygen atoms in total. The predicted molar refractivity (Wildman–Crippen MR) is 68.9 cm³/mol. The van der Waals surface area contributed by atoms with Gasteiger partial charge in [-0.05, 0) is 40.5 Å². The zero-order chi connectivity index (χ0) is 13.5. The summed E-state index contributed by atoms with van der Waals surface area (Å²) < 4.78 is 9.96. The summed E-state index contributed by atoms with van der Waals surface area (Å²) in [5.74, 6) is 0. The topological polar surface area (TPSA) is 61.5 Å². The number of carbonyl (C=O) groups excluding carboxylic acids is 1. The van der Waals surface area contributed by atoms with Gasteiger partial charge >= 0.3 is 6.09 Å². The van der Waals surface area contributed by atoms with E-state index in [9.17, 15) is 4.79 Å². The van der Waals surface area contributed by atoms with Gasteiger partial charge in [0, 0.05) is 7.11 Å². The number of methoxy groups -OCH3 is 1. The number of carbonyl (C=O) groups is 1. The zero-order valence-electron chi connectivity index (χ0n) is 11.8.